The summed E-state index contributed by atoms with van der Waals surface area (Å²) in [6, 6.07) is 14.4. The molecule has 0 atom stereocenters. The van der Waals surface area contributed by atoms with Crippen LogP contribution in [0.25, 0.3) is 11.1 Å². The Morgan fingerprint density at radius 2 is 1.74 bits per heavy atom. The quantitative estimate of drug-likeness (QED) is 0.821. The van der Waals surface area contributed by atoms with Crippen molar-refractivity contribution in [1.29, 1.82) is 0 Å². The van der Waals surface area contributed by atoms with E-state index in [9.17, 15) is 0 Å². The minimum atomic E-state index is 0.453. The highest BCUT2D eigenvalue weighted by molar-refractivity contribution is 6.36. The molecule has 3 heteroatoms. The van der Waals surface area contributed by atoms with Crippen molar-refractivity contribution >= 4 is 23.2 Å². The highest BCUT2D eigenvalue weighted by atomic mass is 35.5. The van der Waals surface area contributed by atoms with Crippen LogP contribution in [0.1, 0.15) is 19.4 Å². The van der Waals surface area contributed by atoms with E-state index in [0.29, 0.717) is 16.1 Å². The van der Waals surface area contributed by atoms with E-state index in [1.807, 2.05) is 24.3 Å². The van der Waals surface area contributed by atoms with Crippen LogP contribution in [0.3, 0.4) is 0 Å². The highest BCUT2D eigenvalue weighted by Crippen LogP contribution is 2.32. The van der Waals surface area contributed by atoms with Gasteiger partial charge in [0.1, 0.15) is 0 Å². The van der Waals surface area contributed by atoms with E-state index in [1.54, 1.807) is 6.07 Å². The monoisotopic (exact) mass is 293 g/mol. The number of halogens is 2. The van der Waals surface area contributed by atoms with E-state index < -0.39 is 0 Å². The zero-order valence-electron chi connectivity index (χ0n) is 11.1. The third kappa shape index (κ3) is 3.73. The average molecular weight is 294 g/mol. The summed E-state index contributed by atoms with van der Waals surface area (Å²) in [5.41, 5.74) is 3.41. The van der Waals surface area contributed by atoms with E-state index in [-0.39, 0.29) is 0 Å². The lowest BCUT2D eigenvalue weighted by molar-refractivity contribution is 0.589. The first-order chi connectivity index (χ1) is 9.08. The van der Waals surface area contributed by atoms with Gasteiger partial charge in [-0.3, -0.25) is 0 Å². The fraction of sp³-hybridized carbons (Fsp3) is 0.250. The molecular formula is C16H17Cl2N. The standard InChI is InChI=1S/C16H17Cl2N/c1-11(2)19-10-12-5-3-4-6-14(12)15-8-7-13(17)9-16(15)18/h3-9,11,19H,10H2,1-2H3. The van der Waals surface area contributed by atoms with Gasteiger partial charge in [-0.2, -0.15) is 0 Å². The molecule has 2 aromatic rings. The van der Waals surface area contributed by atoms with Crippen molar-refractivity contribution in [3.8, 4) is 11.1 Å². The summed E-state index contributed by atoms with van der Waals surface area (Å²) in [4.78, 5) is 0. The summed E-state index contributed by atoms with van der Waals surface area (Å²) < 4.78 is 0. The Labute approximate surface area is 124 Å². The van der Waals surface area contributed by atoms with E-state index in [2.05, 4.69) is 31.3 Å². The molecule has 2 rings (SSSR count). The molecule has 1 nitrogen and oxygen atoms in total. The SMILES string of the molecule is CC(C)NCc1ccccc1-c1ccc(Cl)cc1Cl. The molecule has 1 N–H and O–H groups in total. The second kappa shape index (κ2) is 6.42. The molecule has 0 unspecified atom stereocenters. The number of hydrogen-bond donors (Lipinski definition) is 1. The topological polar surface area (TPSA) is 12.0 Å². The van der Waals surface area contributed by atoms with Gasteiger partial charge >= 0.3 is 0 Å². The first-order valence-electron chi connectivity index (χ1n) is 6.34. The molecule has 0 aliphatic heterocycles. The summed E-state index contributed by atoms with van der Waals surface area (Å²) in [5.74, 6) is 0. The Hall–Kier alpha value is -1.02. The predicted octanol–water partition coefficient (Wildman–Crippen LogP) is 5.16. The molecule has 0 saturated carbocycles. The van der Waals surface area contributed by atoms with Crippen LogP contribution in [0.15, 0.2) is 42.5 Å². The van der Waals surface area contributed by atoms with Gasteiger partial charge in [-0.1, -0.05) is 67.4 Å². The van der Waals surface area contributed by atoms with Crippen molar-refractivity contribution in [1.82, 2.24) is 5.32 Å². The predicted molar refractivity (Wildman–Crippen MR) is 83.9 cm³/mol. The van der Waals surface area contributed by atoms with Crippen LogP contribution in [0.4, 0.5) is 0 Å². The maximum atomic E-state index is 6.29. The molecule has 0 radical (unpaired) electrons. The lowest BCUT2D eigenvalue weighted by Crippen LogP contribution is -2.22. The summed E-state index contributed by atoms with van der Waals surface area (Å²) in [7, 11) is 0. The maximum Gasteiger partial charge on any atom is 0.0499 e. The van der Waals surface area contributed by atoms with Crippen LogP contribution in [0.2, 0.25) is 10.0 Å². The molecule has 0 aromatic heterocycles. The van der Waals surface area contributed by atoms with Gasteiger partial charge in [0.25, 0.3) is 0 Å². The Morgan fingerprint density at radius 3 is 2.42 bits per heavy atom. The van der Waals surface area contributed by atoms with Gasteiger partial charge < -0.3 is 5.32 Å². The van der Waals surface area contributed by atoms with Crippen molar-refractivity contribution in [2.24, 2.45) is 0 Å². The van der Waals surface area contributed by atoms with E-state index in [4.69, 9.17) is 23.2 Å². The van der Waals surface area contributed by atoms with Crippen LogP contribution in [-0.2, 0) is 6.54 Å². The second-order valence-corrected chi connectivity index (χ2v) is 5.66. The Bertz CT molecular complexity index is 564. The zero-order chi connectivity index (χ0) is 13.8. The Balaban J connectivity index is 2.38. The second-order valence-electron chi connectivity index (χ2n) is 4.82. The van der Waals surface area contributed by atoms with E-state index in [0.717, 1.165) is 17.7 Å². The van der Waals surface area contributed by atoms with Crippen molar-refractivity contribution < 1.29 is 0 Å². The fourth-order valence-corrected chi connectivity index (χ4v) is 2.47. The van der Waals surface area contributed by atoms with Crippen molar-refractivity contribution in [2.45, 2.75) is 26.4 Å². The summed E-state index contributed by atoms with van der Waals surface area (Å²) in [6.45, 7) is 5.10. The van der Waals surface area contributed by atoms with Gasteiger partial charge in [0.15, 0.2) is 0 Å². The molecule has 0 heterocycles. The Morgan fingerprint density at radius 1 is 1.00 bits per heavy atom. The first-order valence-corrected chi connectivity index (χ1v) is 7.10. The van der Waals surface area contributed by atoms with Gasteiger partial charge in [-0.05, 0) is 23.3 Å². The molecule has 0 bridgehead atoms. The molecule has 0 aliphatic carbocycles. The molecule has 0 amide bonds. The minimum absolute atomic E-state index is 0.453. The fourth-order valence-electron chi connectivity index (χ4n) is 1.96. The van der Waals surface area contributed by atoms with Crippen molar-refractivity contribution in [3.05, 3.63) is 58.1 Å². The number of rotatable bonds is 4. The number of nitrogens with one attached hydrogen (secondary N) is 1. The van der Waals surface area contributed by atoms with Crippen molar-refractivity contribution in [3.63, 3.8) is 0 Å². The number of benzene rings is 2. The normalized spacial score (nSPS) is 11.0. The zero-order valence-corrected chi connectivity index (χ0v) is 12.6. The van der Waals surface area contributed by atoms with E-state index in [1.165, 1.54) is 5.56 Å². The summed E-state index contributed by atoms with van der Waals surface area (Å²) >= 11 is 12.2. The van der Waals surface area contributed by atoms with Crippen LogP contribution in [0, 0.1) is 0 Å². The molecule has 0 aliphatic rings. The van der Waals surface area contributed by atoms with Crippen LogP contribution in [-0.4, -0.2) is 6.04 Å². The first kappa shape index (κ1) is 14.4. The lowest BCUT2D eigenvalue weighted by atomic mass is 9.99. The average Bonchev–Trinajstić information content (AvgIpc) is 2.37. The summed E-state index contributed by atoms with van der Waals surface area (Å²) in [6.07, 6.45) is 0. The molecule has 0 fully saturated rings. The molecule has 0 spiro atoms. The van der Waals surface area contributed by atoms with Gasteiger partial charge in [-0.25, -0.2) is 0 Å². The molecular weight excluding hydrogens is 277 g/mol. The Kier molecular flexibility index (Phi) is 4.87. The van der Waals surface area contributed by atoms with E-state index >= 15 is 0 Å². The van der Waals surface area contributed by atoms with Crippen LogP contribution >= 0.6 is 23.2 Å². The molecule has 100 valence electrons. The van der Waals surface area contributed by atoms with Crippen LogP contribution in [0.5, 0.6) is 0 Å². The van der Waals surface area contributed by atoms with Gasteiger partial charge in [0.2, 0.25) is 0 Å². The van der Waals surface area contributed by atoms with Crippen molar-refractivity contribution in [2.75, 3.05) is 0 Å². The molecule has 0 saturated heterocycles. The third-order valence-corrected chi connectivity index (χ3v) is 3.49. The molecule has 2 aromatic carbocycles. The third-order valence-electron chi connectivity index (χ3n) is 2.94. The largest absolute Gasteiger partial charge is 0.310 e. The highest BCUT2D eigenvalue weighted by Gasteiger charge is 2.09. The maximum absolute atomic E-state index is 6.29. The van der Waals surface area contributed by atoms with Gasteiger partial charge in [0.05, 0.1) is 0 Å². The minimum Gasteiger partial charge on any atom is -0.310 e. The molecule has 19 heavy (non-hydrogen) atoms. The van der Waals surface area contributed by atoms with Crippen LogP contribution < -0.4 is 5.32 Å². The van der Waals surface area contributed by atoms with Gasteiger partial charge in [-0.15, -0.1) is 0 Å². The van der Waals surface area contributed by atoms with Gasteiger partial charge in [0, 0.05) is 28.2 Å². The summed E-state index contributed by atoms with van der Waals surface area (Å²) in [5, 5.41) is 4.78. The lowest BCUT2D eigenvalue weighted by Gasteiger charge is -2.14. The smallest absolute Gasteiger partial charge is 0.0499 e. The number of hydrogen-bond acceptors (Lipinski definition) is 1.